The van der Waals surface area contributed by atoms with E-state index >= 15 is 0 Å². The van der Waals surface area contributed by atoms with Crippen molar-refractivity contribution in [3.05, 3.63) is 35.4 Å². The highest BCUT2D eigenvalue weighted by atomic mass is 16.2. The highest BCUT2D eigenvalue weighted by Gasteiger charge is 2.24. The van der Waals surface area contributed by atoms with Crippen molar-refractivity contribution >= 4 is 5.91 Å². The molecular weight excluding hydrogens is 260 g/mol. The minimum atomic E-state index is 0.214. The molecule has 2 N–H and O–H groups in total. The van der Waals surface area contributed by atoms with Crippen LogP contribution in [0.15, 0.2) is 24.3 Å². The monoisotopic (exact) mass is 284 g/mol. The normalized spacial score (nSPS) is 15.1. The van der Waals surface area contributed by atoms with Gasteiger partial charge in [0.15, 0.2) is 0 Å². The van der Waals surface area contributed by atoms with Gasteiger partial charge in [-0.05, 0) is 24.5 Å². The highest BCUT2D eigenvalue weighted by molar-refractivity contribution is 5.78. The number of nitrogens with zero attached hydrogens (tertiary/aromatic N) is 1. The molecule has 1 aromatic carbocycles. The van der Waals surface area contributed by atoms with E-state index in [1.54, 1.807) is 0 Å². The highest BCUT2D eigenvalue weighted by Crippen LogP contribution is 2.25. The Labute approximate surface area is 127 Å². The van der Waals surface area contributed by atoms with Crippen molar-refractivity contribution < 1.29 is 4.79 Å². The lowest BCUT2D eigenvalue weighted by Gasteiger charge is -2.26. The van der Waals surface area contributed by atoms with Crippen LogP contribution in [0.5, 0.6) is 0 Å². The number of benzene rings is 1. The zero-order chi connectivity index (χ0) is 15.1. The fourth-order valence-electron chi connectivity index (χ4n) is 2.92. The van der Waals surface area contributed by atoms with Crippen molar-refractivity contribution in [1.82, 2.24) is 4.90 Å². The van der Waals surface area contributed by atoms with Gasteiger partial charge >= 0.3 is 0 Å². The number of rotatable bonds is 3. The van der Waals surface area contributed by atoms with Crippen LogP contribution in [0.25, 0.3) is 0 Å². The van der Waals surface area contributed by atoms with Crippen LogP contribution < -0.4 is 5.73 Å². The van der Waals surface area contributed by atoms with Crippen LogP contribution in [0.1, 0.15) is 43.2 Å². The predicted octanol–water partition coefficient (Wildman–Crippen LogP) is 2.54. The molecule has 0 saturated heterocycles. The largest absolute Gasteiger partial charge is 0.341 e. The molecule has 2 rings (SSSR count). The Balaban J connectivity index is 2.05. The number of amides is 1. The van der Waals surface area contributed by atoms with Crippen LogP contribution in [0.4, 0.5) is 0 Å². The van der Waals surface area contributed by atoms with E-state index in [1.165, 1.54) is 19.3 Å². The van der Waals surface area contributed by atoms with Crippen LogP contribution in [-0.2, 0) is 11.3 Å². The minimum absolute atomic E-state index is 0.214. The number of hydrogen-bond acceptors (Lipinski definition) is 2. The first-order chi connectivity index (χ1) is 10.2. The summed E-state index contributed by atoms with van der Waals surface area (Å²) in [6, 6.07) is 7.97. The molecule has 0 unspecified atom stereocenters. The molecule has 0 spiro atoms. The van der Waals surface area contributed by atoms with Crippen LogP contribution in [0.3, 0.4) is 0 Å². The summed E-state index contributed by atoms with van der Waals surface area (Å²) in [5.41, 5.74) is 7.49. The van der Waals surface area contributed by atoms with Gasteiger partial charge < -0.3 is 10.6 Å². The van der Waals surface area contributed by atoms with E-state index in [4.69, 9.17) is 5.73 Å². The first-order valence-electron chi connectivity index (χ1n) is 7.74. The molecule has 0 aromatic heterocycles. The molecule has 1 aromatic rings. The third-order valence-electron chi connectivity index (χ3n) is 4.08. The van der Waals surface area contributed by atoms with Gasteiger partial charge in [-0.15, -0.1) is 0 Å². The summed E-state index contributed by atoms with van der Waals surface area (Å²) in [7, 11) is 1.89. The van der Waals surface area contributed by atoms with E-state index in [-0.39, 0.29) is 11.8 Å². The Bertz CT molecular complexity index is 536. The lowest BCUT2D eigenvalue weighted by atomic mass is 9.88. The minimum Gasteiger partial charge on any atom is -0.341 e. The Hall–Kier alpha value is -1.79. The second-order valence-corrected chi connectivity index (χ2v) is 5.69. The summed E-state index contributed by atoms with van der Waals surface area (Å²) in [6.45, 7) is 0.968. The molecule has 0 aliphatic heterocycles. The molecule has 1 saturated carbocycles. The van der Waals surface area contributed by atoms with E-state index in [2.05, 4.69) is 11.8 Å². The Morgan fingerprint density at radius 2 is 2.00 bits per heavy atom. The van der Waals surface area contributed by atoms with Gasteiger partial charge in [-0.25, -0.2) is 0 Å². The summed E-state index contributed by atoms with van der Waals surface area (Å²) in [5, 5.41) is 0. The van der Waals surface area contributed by atoms with Crippen LogP contribution >= 0.6 is 0 Å². The first kappa shape index (κ1) is 15.6. The van der Waals surface area contributed by atoms with Gasteiger partial charge in [0.25, 0.3) is 0 Å². The molecule has 112 valence electrons. The van der Waals surface area contributed by atoms with Crippen LogP contribution in [0, 0.1) is 17.8 Å². The molecule has 1 amide bonds. The van der Waals surface area contributed by atoms with Crippen molar-refractivity contribution in [2.75, 3.05) is 13.6 Å². The molecule has 0 radical (unpaired) electrons. The van der Waals surface area contributed by atoms with Gasteiger partial charge in [0.1, 0.15) is 0 Å². The van der Waals surface area contributed by atoms with Crippen molar-refractivity contribution in [3.8, 4) is 11.8 Å². The molecule has 0 heterocycles. The standard InChI is InChI=1S/C18H24N2O/c1-20(18(21)16-9-3-2-4-10-16)14-17-11-6-5-8-15(17)12-7-13-19/h5-6,8,11,16H,2-4,9-10,13-14,19H2,1H3. The van der Waals surface area contributed by atoms with Gasteiger partial charge in [-0.3, -0.25) is 4.79 Å². The summed E-state index contributed by atoms with van der Waals surface area (Å²) in [6.07, 6.45) is 5.71. The Morgan fingerprint density at radius 3 is 2.71 bits per heavy atom. The first-order valence-corrected chi connectivity index (χ1v) is 7.74. The van der Waals surface area contributed by atoms with Gasteiger partial charge in [-0.2, -0.15) is 0 Å². The summed E-state index contributed by atoms with van der Waals surface area (Å²) in [4.78, 5) is 14.3. The molecule has 3 nitrogen and oxygen atoms in total. The average Bonchev–Trinajstić information content (AvgIpc) is 2.54. The Morgan fingerprint density at radius 1 is 1.29 bits per heavy atom. The average molecular weight is 284 g/mol. The van der Waals surface area contributed by atoms with E-state index < -0.39 is 0 Å². The van der Waals surface area contributed by atoms with Crippen molar-refractivity contribution in [2.24, 2.45) is 11.7 Å². The molecule has 0 bridgehead atoms. The summed E-state index contributed by atoms with van der Waals surface area (Å²) < 4.78 is 0. The third kappa shape index (κ3) is 4.34. The zero-order valence-electron chi connectivity index (χ0n) is 12.8. The topological polar surface area (TPSA) is 46.3 Å². The summed E-state index contributed by atoms with van der Waals surface area (Å²) in [5.74, 6) is 6.46. The molecular formula is C18H24N2O. The quantitative estimate of drug-likeness (QED) is 0.867. The van der Waals surface area contributed by atoms with Gasteiger partial charge in [0, 0.05) is 25.1 Å². The maximum absolute atomic E-state index is 12.5. The van der Waals surface area contributed by atoms with Gasteiger partial charge in [0.05, 0.1) is 6.54 Å². The fraction of sp³-hybridized carbons (Fsp3) is 0.500. The van der Waals surface area contributed by atoms with Gasteiger partial charge in [0.2, 0.25) is 5.91 Å². The van der Waals surface area contributed by atoms with E-state index in [1.807, 2.05) is 36.2 Å². The lowest BCUT2D eigenvalue weighted by Crippen LogP contribution is -2.33. The maximum atomic E-state index is 12.5. The van der Waals surface area contributed by atoms with Crippen molar-refractivity contribution in [1.29, 1.82) is 0 Å². The number of nitrogens with two attached hydrogens (primary N) is 1. The fourth-order valence-corrected chi connectivity index (χ4v) is 2.92. The molecule has 21 heavy (non-hydrogen) atoms. The van der Waals surface area contributed by atoms with E-state index in [0.717, 1.165) is 24.0 Å². The van der Waals surface area contributed by atoms with Crippen LogP contribution in [0.2, 0.25) is 0 Å². The smallest absolute Gasteiger partial charge is 0.225 e. The molecule has 1 fully saturated rings. The predicted molar refractivity (Wildman–Crippen MR) is 85.4 cm³/mol. The molecule has 0 atom stereocenters. The van der Waals surface area contributed by atoms with E-state index in [9.17, 15) is 4.79 Å². The molecule has 1 aliphatic rings. The van der Waals surface area contributed by atoms with E-state index in [0.29, 0.717) is 13.1 Å². The maximum Gasteiger partial charge on any atom is 0.225 e. The number of hydrogen-bond donors (Lipinski definition) is 1. The number of carbonyl (C=O) groups excluding carboxylic acids is 1. The SMILES string of the molecule is CN(Cc1ccccc1C#CCN)C(=O)C1CCCCC1. The van der Waals surface area contributed by atoms with Crippen molar-refractivity contribution in [2.45, 2.75) is 38.6 Å². The zero-order valence-corrected chi connectivity index (χ0v) is 12.8. The Kier molecular flexibility index (Phi) is 5.83. The second-order valence-electron chi connectivity index (χ2n) is 5.69. The number of carbonyl (C=O) groups is 1. The van der Waals surface area contributed by atoms with Crippen molar-refractivity contribution in [3.63, 3.8) is 0 Å². The van der Waals surface area contributed by atoms with Crippen LogP contribution in [-0.4, -0.2) is 24.4 Å². The summed E-state index contributed by atoms with van der Waals surface area (Å²) >= 11 is 0. The molecule has 1 aliphatic carbocycles. The lowest BCUT2D eigenvalue weighted by molar-refractivity contribution is -0.135. The molecule has 3 heteroatoms. The second kappa shape index (κ2) is 7.85. The third-order valence-corrected chi connectivity index (χ3v) is 4.08. The van der Waals surface area contributed by atoms with Gasteiger partial charge in [-0.1, -0.05) is 49.3 Å².